The van der Waals surface area contributed by atoms with E-state index in [1.807, 2.05) is 0 Å². The summed E-state index contributed by atoms with van der Waals surface area (Å²) < 4.78 is 30.8. The van der Waals surface area contributed by atoms with Crippen LogP contribution in [0, 0.1) is 0 Å². The SMILES string of the molecule is COC(=O)CCS(=O)(=O)Nc1ccc(N)c2ncccc12. The zero-order valence-corrected chi connectivity index (χ0v) is 12.2. The molecular formula is C13H15N3O4S. The van der Waals surface area contributed by atoms with Crippen molar-refractivity contribution in [3.63, 3.8) is 0 Å². The molecule has 0 bridgehead atoms. The van der Waals surface area contributed by atoms with Crippen molar-refractivity contribution in [2.24, 2.45) is 0 Å². The predicted octanol–water partition coefficient (Wildman–Crippen LogP) is 1.12. The normalized spacial score (nSPS) is 11.3. The van der Waals surface area contributed by atoms with Crippen molar-refractivity contribution in [1.82, 2.24) is 4.98 Å². The molecule has 0 aliphatic heterocycles. The highest BCUT2D eigenvalue weighted by molar-refractivity contribution is 7.92. The number of aromatic nitrogens is 1. The highest BCUT2D eigenvalue weighted by atomic mass is 32.2. The number of benzene rings is 1. The minimum atomic E-state index is -3.66. The molecule has 0 amide bonds. The van der Waals surface area contributed by atoms with E-state index in [4.69, 9.17) is 5.73 Å². The number of fused-ring (bicyclic) bond motifs is 1. The number of methoxy groups -OCH3 is 1. The Labute approximate surface area is 122 Å². The van der Waals surface area contributed by atoms with Crippen LogP contribution in [-0.4, -0.2) is 32.2 Å². The van der Waals surface area contributed by atoms with Gasteiger partial charge in [-0.05, 0) is 24.3 Å². The predicted molar refractivity (Wildman–Crippen MR) is 80.2 cm³/mol. The summed E-state index contributed by atoms with van der Waals surface area (Å²) in [5.74, 6) is -0.935. The maximum absolute atomic E-state index is 12.0. The van der Waals surface area contributed by atoms with E-state index < -0.39 is 16.0 Å². The van der Waals surface area contributed by atoms with Gasteiger partial charge >= 0.3 is 5.97 Å². The van der Waals surface area contributed by atoms with Gasteiger partial charge in [0.2, 0.25) is 10.0 Å². The Hall–Kier alpha value is -2.35. The summed E-state index contributed by atoms with van der Waals surface area (Å²) in [6.07, 6.45) is 1.37. The minimum Gasteiger partial charge on any atom is -0.469 e. The average molecular weight is 309 g/mol. The van der Waals surface area contributed by atoms with E-state index in [-0.39, 0.29) is 12.2 Å². The smallest absolute Gasteiger partial charge is 0.306 e. The van der Waals surface area contributed by atoms with Crippen LogP contribution >= 0.6 is 0 Å². The van der Waals surface area contributed by atoms with Crippen LogP contribution < -0.4 is 10.5 Å². The Morgan fingerprint density at radius 1 is 1.38 bits per heavy atom. The van der Waals surface area contributed by atoms with Gasteiger partial charge in [-0.1, -0.05) is 0 Å². The molecule has 0 fully saturated rings. The number of hydrogen-bond donors (Lipinski definition) is 2. The monoisotopic (exact) mass is 309 g/mol. The Bertz CT molecular complexity index is 774. The zero-order valence-electron chi connectivity index (χ0n) is 11.4. The fourth-order valence-corrected chi connectivity index (χ4v) is 2.87. The molecule has 112 valence electrons. The fraction of sp³-hybridized carbons (Fsp3) is 0.231. The van der Waals surface area contributed by atoms with Gasteiger partial charge in [0.1, 0.15) is 0 Å². The van der Waals surface area contributed by atoms with Crippen LogP contribution in [-0.2, 0) is 19.6 Å². The number of nitrogens with one attached hydrogen (secondary N) is 1. The summed E-state index contributed by atoms with van der Waals surface area (Å²) in [5.41, 5.74) is 7.16. The molecule has 0 spiro atoms. The van der Waals surface area contributed by atoms with Gasteiger partial charge in [0.05, 0.1) is 36.2 Å². The molecule has 1 heterocycles. The largest absolute Gasteiger partial charge is 0.469 e. The third kappa shape index (κ3) is 3.60. The summed E-state index contributed by atoms with van der Waals surface area (Å²) >= 11 is 0. The molecule has 3 N–H and O–H groups in total. The maximum atomic E-state index is 12.0. The van der Waals surface area contributed by atoms with Crippen molar-refractivity contribution >= 4 is 38.3 Å². The number of pyridine rings is 1. The molecule has 21 heavy (non-hydrogen) atoms. The van der Waals surface area contributed by atoms with E-state index in [0.29, 0.717) is 22.3 Å². The van der Waals surface area contributed by atoms with Crippen molar-refractivity contribution in [2.75, 3.05) is 23.3 Å². The molecule has 2 rings (SSSR count). The van der Waals surface area contributed by atoms with Gasteiger partial charge in [-0.15, -0.1) is 0 Å². The number of carbonyl (C=O) groups excluding carboxylic acids is 1. The first-order valence-electron chi connectivity index (χ1n) is 6.13. The number of carbonyl (C=O) groups is 1. The van der Waals surface area contributed by atoms with Crippen molar-refractivity contribution in [1.29, 1.82) is 0 Å². The molecule has 2 aromatic rings. The van der Waals surface area contributed by atoms with Crippen LogP contribution in [0.1, 0.15) is 6.42 Å². The lowest BCUT2D eigenvalue weighted by molar-refractivity contribution is -0.140. The first-order chi connectivity index (χ1) is 9.93. The molecule has 1 aromatic heterocycles. The molecule has 0 radical (unpaired) electrons. The Morgan fingerprint density at radius 3 is 2.86 bits per heavy atom. The van der Waals surface area contributed by atoms with Gasteiger partial charge < -0.3 is 10.5 Å². The lowest BCUT2D eigenvalue weighted by atomic mass is 10.1. The number of esters is 1. The second-order valence-corrected chi connectivity index (χ2v) is 6.19. The highest BCUT2D eigenvalue weighted by Crippen LogP contribution is 2.27. The van der Waals surface area contributed by atoms with Crippen molar-refractivity contribution in [2.45, 2.75) is 6.42 Å². The Balaban J connectivity index is 2.27. The van der Waals surface area contributed by atoms with Crippen molar-refractivity contribution < 1.29 is 17.9 Å². The van der Waals surface area contributed by atoms with E-state index >= 15 is 0 Å². The lowest BCUT2D eigenvalue weighted by Gasteiger charge is -2.11. The number of ether oxygens (including phenoxy) is 1. The van der Waals surface area contributed by atoms with Crippen molar-refractivity contribution in [3.8, 4) is 0 Å². The van der Waals surface area contributed by atoms with Crippen LogP contribution in [0.3, 0.4) is 0 Å². The Kier molecular flexibility index (Phi) is 4.27. The van der Waals surface area contributed by atoms with Gasteiger partial charge in [-0.2, -0.15) is 0 Å². The summed E-state index contributed by atoms with van der Waals surface area (Å²) in [6.45, 7) is 0. The van der Waals surface area contributed by atoms with E-state index in [9.17, 15) is 13.2 Å². The molecular weight excluding hydrogens is 294 g/mol. The van der Waals surface area contributed by atoms with Gasteiger partial charge in [-0.3, -0.25) is 14.5 Å². The van der Waals surface area contributed by atoms with Gasteiger partial charge in [0.15, 0.2) is 0 Å². The maximum Gasteiger partial charge on any atom is 0.306 e. The molecule has 0 saturated carbocycles. The zero-order chi connectivity index (χ0) is 15.5. The topological polar surface area (TPSA) is 111 Å². The number of nitrogens with zero attached hydrogens (tertiary/aromatic N) is 1. The highest BCUT2D eigenvalue weighted by Gasteiger charge is 2.15. The minimum absolute atomic E-state index is 0.211. The molecule has 7 nitrogen and oxygen atoms in total. The molecule has 8 heteroatoms. The van der Waals surface area contributed by atoms with Crippen LogP contribution in [0.25, 0.3) is 10.9 Å². The summed E-state index contributed by atoms with van der Waals surface area (Å²) in [5, 5.41) is 0.596. The summed E-state index contributed by atoms with van der Waals surface area (Å²) in [4.78, 5) is 15.2. The second kappa shape index (κ2) is 5.96. The molecule has 0 aliphatic rings. The number of sulfonamides is 1. The molecule has 0 atom stereocenters. The number of rotatable bonds is 5. The first kappa shape index (κ1) is 15.0. The van der Waals surface area contributed by atoms with Crippen molar-refractivity contribution in [3.05, 3.63) is 30.5 Å². The third-order valence-electron chi connectivity index (χ3n) is 2.87. The quantitative estimate of drug-likeness (QED) is 0.632. The van der Waals surface area contributed by atoms with Gasteiger partial charge in [0.25, 0.3) is 0 Å². The molecule has 0 unspecified atom stereocenters. The summed E-state index contributed by atoms with van der Waals surface area (Å²) in [7, 11) is -2.45. The second-order valence-electron chi connectivity index (χ2n) is 4.35. The standard InChI is InChI=1S/C13H15N3O4S/c1-20-12(17)6-8-21(18,19)16-11-5-4-10(14)13-9(11)3-2-7-15-13/h2-5,7,16H,6,8,14H2,1H3. The number of nitrogens with two attached hydrogens (primary N) is 1. The molecule has 0 aliphatic carbocycles. The third-order valence-corrected chi connectivity index (χ3v) is 4.14. The average Bonchev–Trinajstić information content (AvgIpc) is 2.48. The van der Waals surface area contributed by atoms with Crippen LogP contribution in [0.2, 0.25) is 0 Å². The van der Waals surface area contributed by atoms with E-state index in [1.54, 1.807) is 30.5 Å². The molecule has 0 saturated heterocycles. The summed E-state index contributed by atoms with van der Waals surface area (Å²) in [6, 6.07) is 6.55. The fourth-order valence-electron chi connectivity index (χ4n) is 1.82. The van der Waals surface area contributed by atoms with Crippen LogP contribution in [0.15, 0.2) is 30.5 Å². The van der Waals surface area contributed by atoms with Gasteiger partial charge in [0, 0.05) is 11.6 Å². The van der Waals surface area contributed by atoms with Gasteiger partial charge in [-0.25, -0.2) is 8.42 Å². The van der Waals surface area contributed by atoms with E-state index in [0.717, 1.165) is 0 Å². The Morgan fingerprint density at radius 2 is 2.14 bits per heavy atom. The number of nitrogen functional groups attached to an aromatic ring is 1. The van der Waals surface area contributed by atoms with Crippen LogP contribution in [0.4, 0.5) is 11.4 Å². The lowest BCUT2D eigenvalue weighted by Crippen LogP contribution is -2.19. The first-order valence-corrected chi connectivity index (χ1v) is 7.78. The number of anilines is 2. The van der Waals surface area contributed by atoms with E-state index in [1.165, 1.54) is 7.11 Å². The van der Waals surface area contributed by atoms with Crippen LogP contribution in [0.5, 0.6) is 0 Å². The number of hydrogen-bond acceptors (Lipinski definition) is 6. The van der Waals surface area contributed by atoms with E-state index in [2.05, 4.69) is 14.4 Å². The molecule has 1 aromatic carbocycles.